The topological polar surface area (TPSA) is 139 Å². The van der Waals surface area contributed by atoms with Gasteiger partial charge in [0.2, 0.25) is 15.9 Å². The molecule has 0 heterocycles. The third-order valence-corrected chi connectivity index (χ3v) is 4.10. The van der Waals surface area contributed by atoms with E-state index in [-0.39, 0.29) is 17.3 Å². The number of benzene rings is 1. The number of hydrogen-bond donors (Lipinski definition) is 4. The average Bonchev–Trinajstić information content (AvgIpc) is 2.46. The molecule has 2 unspecified atom stereocenters. The van der Waals surface area contributed by atoms with E-state index in [9.17, 15) is 18.0 Å². The summed E-state index contributed by atoms with van der Waals surface area (Å²) in [5, 5.41) is 19.4. The minimum absolute atomic E-state index is 0. The molecule has 10 heteroatoms. The van der Waals surface area contributed by atoms with Crippen molar-refractivity contribution in [2.24, 2.45) is 5.14 Å². The Labute approximate surface area is 147 Å². The number of carboxylic acids is 1. The van der Waals surface area contributed by atoms with Crippen LogP contribution in [0.3, 0.4) is 0 Å². The largest absolute Gasteiger partial charge is 0.480 e. The van der Waals surface area contributed by atoms with E-state index in [4.69, 9.17) is 10.2 Å². The number of primary sulfonamides is 1. The van der Waals surface area contributed by atoms with E-state index in [1.54, 1.807) is 6.92 Å². The van der Waals surface area contributed by atoms with Gasteiger partial charge in [0.15, 0.2) is 0 Å². The van der Waals surface area contributed by atoms with Crippen molar-refractivity contribution in [3.8, 4) is 0 Å². The van der Waals surface area contributed by atoms with Gasteiger partial charge in [-0.15, -0.1) is 12.4 Å². The molecule has 1 amide bonds. The van der Waals surface area contributed by atoms with Crippen LogP contribution in [0.4, 0.5) is 5.69 Å². The number of anilines is 1. The quantitative estimate of drug-likeness (QED) is 0.529. The van der Waals surface area contributed by atoms with Crippen molar-refractivity contribution >= 4 is 40.0 Å². The standard InChI is InChI=1S/C14H21N3O5S.ClH/c1-3-4-12(14(19)20)16-9(2)13(18)17-10-5-7-11(8-6-10)23(15,21)22;/h5-9,12,16H,3-4H2,1-2H3,(H,17,18)(H,19,20)(H2,15,21,22);1H. The van der Waals surface area contributed by atoms with Gasteiger partial charge < -0.3 is 10.4 Å². The van der Waals surface area contributed by atoms with E-state index < -0.39 is 34.0 Å². The van der Waals surface area contributed by atoms with E-state index in [1.165, 1.54) is 24.3 Å². The lowest BCUT2D eigenvalue weighted by Crippen LogP contribution is -2.47. The first-order chi connectivity index (χ1) is 10.6. The highest BCUT2D eigenvalue weighted by molar-refractivity contribution is 7.89. The monoisotopic (exact) mass is 379 g/mol. The van der Waals surface area contributed by atoms with Crippen LogP contribution in [0, 0.1) is 0 Å². The van der Waals surface area contributed by atoms with Crippen molar-refractivity contribution in [1.29, 1.82) is 0 Å². The average molecular weight is 380 g/mol. The molecule has 2 atom stereocenters. The van der Waals surface area contributed by atoms with E-state index >= 15 is 0 Å². The van der Waals surface area contributed by atoms with Crippen molar-refractivity contribution in [2.45, 2.75) is 43.7 Å². The molecular weight excluding hydrogens is 358 g/mol. The van der Waals surface area contributed by atoms with Gasteiger partial charge in [0.1, 0.15) is 6.04 Å². The second-order valence-electron chi connectivity index (χ2n) is 5.13. The molecule has 24 heavy (non-hydrogen) atoms. The Hall–Kier alpha value is -1.68. The van der Waals surface area contributed by atoms with Gasteiger partial charge >= 0.3 is 5.97 Å². The molecule has 8 nitrogen and oxygen atoms in total. The highest BCUT2D eigenvalue weighted by atomic mass is 35.5. The zero-order valence-electron chi connectivity index (χ0n) is 13.4. The highest BCUT2D eigenvalue weighted by Gasteiger charge is 2.22. The number of aliphatic carboxylic acids is 1. The maximum absolute atomic E-state index is 12.0. The number of rotatable bonds is 8. The Morgan fingerprint density at radius 2 is 1.79 bits per heavy atom. The van der Waals surface area contributed by atoms with Crippen LogP contribution >= 0.6 is 12.4 Å². The molecule has 0 aromatic heterocycles. The van der Waals surface area contributed by atoms with Crippen LogP contribution in [0.25, 0.3) is 0 Å². The molecule has 0 aliphatic heterocycles. The van der Waals surface area contributed by atoms with Crippen LogP contribution in [-0.2, 0) is 19.6 Å². The first-order valence-corrected chi connectivity index (χ1v) is 8.62. The fourth-order valence-corrected chi connectivity index (χ4v) is 2.44. The Bertz CT molecular complexity index is 663. The lowest BCUT2D eigenvalue weighted by atomic mass is 10.1. The summed E-state index contributed by atoms with van der Waals surface area (Å²) in [5.41, 5.74) is 0.387. The van der Waals surface area contributed by atoms with Crippen LogP contribution in [0.2, 0.25) is 0 Å². The molecule has 1 aromatic carbocycles. The zero-order valence-corrected chi connectivity index (χ0v) is 15.0. The molecule has 136 valence electrons. The Balaban J connectivity index is 0.00000529. The maximum atomic E-state index is 12.0. The number of sulfonamides is 1. The third kappa shape index (κ3) is 6.83. The Kier molecular flexibility index (Phi) is 8.91. The smallest absolute Gasteiger partial charge is 0.320 e. The SMILES string of the molecule is CCCC(NC(C)C(=O)Nc1ccc(S(N)(=O)=O)cc1)C(=O)O.Cl. The predicted molar refractivity (Wildman–Crippen MR) is 92.6 cm³/mol. The van der Waals surface area contributed by atoms with Gasteiger partial charge in [-0.1, -0.05) is 13.3 Å². The number of carbonyl (C=O) groups excluding carboxylic acids is 1. The number of carboxylic acid groups (broad SMARTS) is 1. The first kappa shape index (κ1) is 22.3. The van der Waals surface area contributed by atoms with E-state index in [1.807, 2.05) is 6.92 Å². The van der Waals surface area contributed by atoms with Gasteiger partial charge in [0.25, 0.3) is 0 Å². The summed E-state index contributed by atoms with van der Waals surface area (Å²) >= 11 is 0. The predicted octanol–water partition coefficient (Wildman–Crippen LogP) is 0.926. The number of amides is 1. The summed E-state index contributed by atoms with van der Waals surface area (Å²) < 4.78 is 22.3. The molecule has 0 aliphatic carbocycles. The van der Waals surface area contributed by atoms with Crippen molar-refractivity contribution in [3.63, 3.8) is 0 Å². The van der Waals surface area contributed by atoms with Gasteiger partial charge in [0, 0.05) is 5.69 Å². The fraction of sp³-hybridized carbons (Fsp3) is 0.429. The summed E-state index contributed by atoms with van der Waals surface area (Å²) in [5.74, 6) is -1.43. The lowest BCUT2D eigenvalue weighted by Gasteiger charge is -2.19. The summed E-state index contributed by atoms with van der Waals surface area (Å²) in [4.78, 5) is 23.1. The van der Waals surface area contributed by atoms with E-state index in [2.05, 4.69) is 10.6 Å². The second kappa shape index (κ2) is 9.58. The molecule has 0 saturated heterocycles. The van der Waals surface area contributed by atoms with Gasteiger partial charge in [-0.25, -0.2) is 13.6 Å². The second-order valence-corrected chi connectivity index (χ2v) is 6.69. The van der Waals surface area contributed by atoms with Crippen molar-refractivity contribution < 1.29 is 23.1 Å². The van der Waals surface area contributed by atoms with E-state index in [0.717, 1.165) is 0 Å². The minimum Gasteiger partial charge on any atom is -0.480 e. The number of hydrogen-bond acceptors (Lipinski definition) is 5. The summed E-state index contributed by atoms with van der Waals surface area (Å²) in [6.45, 7) is 3.41. The van der Waals surface area contributed by atoms with Gasteiger partial charge in [-0.2, -0.15) is 0 Å². The summed E-state index contributed by atoms with van der Waals surface area (Å²) in [6, 6.07) is 3.85. The molecule has 0 spiro atoms. The molecule has 1 rings (SSSR count). The molecule has 0 fully saturated rings. The molecule has 0 bridgehead atoms. The van der Waals surface area contributed by atoms with E-state index in [0.29, 0.717) is 18.5 Å². The molecule has 0 radical (unpaired) electrons. The first-order valence-electron chi connectivity index (χ1n) is 7.07. The van der Waals surface area contributed by atoms with Crippen LogP contribution in [0.5, 0.6) is 0 Å². The lowest BCUT2D eigenvalue weighted by molar-refractivity contribution is -0.140. The van der Waals surface area contributed by atoms with Crippen LogP contribution < -0.4 is 15.8 Å². The number of halogens is 1. The molecule has 0 aliphatic rings. The Morgan fingerprint density at radius 1 is 1.25 bits per heavy atom. The highest BCUT2D eigenvalue weighted by Crippen LogP contribution is 2.13. The van der Waals surface area contributed by atoms with Gasteiger partial charge in [-0.05, 0) is 37.6 Å². The van der Waals surface area contributed by atoms with Crippen LogP contribution in [-0.4, -0.2) is 37.5 Å². The number of carbonyl (C=O) groups is 2. The zero-order chi connectivity index (χ0) is 17.6. The maximum Gasteiger partial charge on any atom is 0.320 e. The molecule has 0 saturated carbocycles. The van der Waals surface area contributed by atoms with Gasteiger partial charge in [-0.3, -0.25) is 14.9 Å². The fourth-order valence-electron chi connectivity index (χ4n) is 1.92. The minimum atomic E-state index is -3.79. The molecule has 1 aromatic rings. The normalized spacial score (nSPS) is 13.5. The van der Waals surface area contributed by atoms with Crippen molar-refractivity contribution in [3.05, 3.63) is 24.3 Å². The summed E-state index contributed by atoms with van der Waals surface area (Å²) in [7, 11) is -3.79. The van der Waals surface area contributed by atoms with Crippen molar-refractivity contribution in [1.82, 2.24) is 5.32 Å². The third-order valence-electron chi connectivity index (χ3n) is 3.17. The molecular formula is C14H22ClN3O5S. The number of nitrogens with one attached hydrogen (secondary N) is 2. The summed E-state index contributed by atoms with van der Waals surface area (Å²) in [6.07, 6.45) is 1.09. The van der Waals surface area contributed by atoms with Gasteiger partial charge in [0.05, 0.1) is 10.9 Å². The Morgan fingerprint density at radius 3 is 2.21 bits per heavy atom. The van der Waals surface area contributed by atoms with Crippen molar-refractivity contribution in [2.75, 3.05) is 5.32 Å². The number of nitrogens with two attached hydrogens (primary N) is 1. The van der Waals surface area contributed by atoms with Crippen LogP contribution in [0.1, 0.15) is 26.7 Å². The van der Waals surface area contributed by atoms with Crippen LogP contribution in [0.15, 0.2) is 29.2 Å². The molecule has 5 N–H and O–H groups in total.